The standard InChI is InChI=1S/C19H28N2O2/c1-3-20-18(22)8-6-9-19(23)21-14-5-4-7-17(21)16-12-10-15(2)11-13-16/h10-13,17H,3-9,14H2,1-2H3,(H,20,22)/t17-/m0/s1. The van der Waals surface area contributed by atoms with E-state index in [1.54, 1.807) is 0 Å². The molecule has 0 bridgehead atoms. The van der Waals surface area contributed by atoms with E-state index in [1.165, 1.54) is 17.5 Å². The number of amides is 2. The monoisotopic (exact) mass is 316 g/mol. The molecule has 1 saturated heterocycles. The normalized spacial score (nSPS) is 17.8. The summed E-state index contributed by atoms with van der Waals surface area (Å²) in [6.45, 7) is 5.46. The summed E-state index contributed by atoms with van der Waals surface area (Å²) in [5.41, 5.74) is 2.47. The Balaban J connectivity index is 1.93. The molecule has 1 heterocycles. The minimum absolute atomic E-state index is 0.0361. The molecule has 1 atom stereocenters. The van der Waals surface area contributed by atoms with Crippen LogP contribution in [0, 0.1) is 6.92 Å². The molecule has 126 valence electrons. The number of nitrogens with one attached hydrogen (secondary N) is 1. The summed E-state index contributed by atoms with van der Waals surface area (Å²) >= 11 is 0. The molecule has 0 saturated carbocycles. The molecule has 1 fully saturated rings. The van der Waals surface area contributed by atoms with E-state index in [0.717, 1.165) is 19.4 Å². The average Bonchev–Trinajstić information content (AvgIpc) is 2.56. The third kappa shape index (κ3) is 5.08. The molecule has 0 spiro atoms. The van der Waals surface area contributed by atoms with Crippen LogP contribution in [-0.4, -0.2) is 29.8 Å². The van der Waals surface area contributed by atoms with E-state index >= 15 is 0 Å². The van der Waals surface area contributed by atoms with Gasteiger partial charge in [0, 0.05) is 25.9 Å². The fraction of sp³-hybridized carbons (Fsp3) is 0.579. The quantitative estimate of drug-likeness (QED) is 0.875. The van der Waals surface area contributed by atoms with E-state index in [0.29, 0.717) is 25.8 Å². The first-order valence-corrected chi connectivity index (χ1v) is 8.74. The molecule has 4 heteroatoms. The van der Waals surface area contributed by atoms with Crippen molar-refractivity contribution in [3.63, 3.8) is 0 Å². The van der Waals surface area contributed by atoms with Crippen LogP contribution in [0.15, 0.2) is 24.3 Å². The Morgan fingerprint density at radius 2 is 1.91 bits per heavy atom. The molecule has 1 aromatic rings. The Labute approximate surface area is 139 Å². The van der Waals surface area contributed by atoms with Crippen molar-refractivity contribution >= 4 is 11.8 Å². The van der Waals surface area contributed by atoms with Gasteiger partial charge in [-0.1, -0.05) is 29.8 Å². The van der Waals surface area contributed by atoms with E-state index < -0.39 is 0 Å². The van der Waals surface area contributed by atoms with E-state index in [2.05, 4.69) is 36.5 Å². The minimum Gasteiger partial charge on any atom is -0.356 e. The van der Waals surface area contributed by atoms with Crippen LogP contribution in [-0.2, 0) is 9.59 Å². The Hall–Kier alpha value is -1.84. The van der Waals surface area contributed by atoms with Crippen molar-refractivity contribution in [1.82, 2.24) is 10.2 Å². The molecule has 0 aliphatic carbocycles. The molecular weight excluding hydrogens is 288 g/mol. The van der Waals surface area contributed by atoms with Crippen molar-refractivity contribution < 1.29 is 9.59 Å². The zero-order chi connectivity index (χ0) is 16.7. The van der Waals surface area contributed by atoms with Gasteiger partial charge in [0.25, 0.3) is 0 Å². The largest absolute Gasteiger partial charge is 0.356 e. The Morgan fingerprint density at radius 1 is 1.17 bits per heavy atom. The maximum absolute atomic E-state index is 12.6. The summed E-state index contributed by atoms with van der Waals surface area (Å²) in [4.78, 5) is 26.1. The number of likely N-dealkylation sites (tertiary alicyclic amines) is 1. The van der Waals surface area contributed by atoms with Gasteiger partial charge in [0.2, 0.25) is 11.8 Å². The number of piperidine rings is 1. The Morgan fingerprint density at radius 3 is 2.61 bits per heavy atom. The molecule has 1 aliphatic heterocycles. The van der Waals surface area contributed by atoms with Crippen LogP contribution in [0.2, 0.25) is 0 Å². The number of aryl methyl sites for hydroxylation is 1. The second-order valence-corrected chi connectivity index (χ2v) is 6.32. The summed E-state index contributed by atoms with van der Waals surface area (Å²) in [5.74, 6) is 0.216. The van der Waals surface area contributed by atoms with E-state index in [-0.39, 0.29) is 17.9 Å². The number of nitrogens with zero attached hydrogens (tertiary/aromatic N) is 1. The van der Waals surface area contributed by atoms with Crippen LogP contribution in [0.4, 0.5) is 0 Å². The maximum atomic E-state index is 12.6. The first-order valence-electron chi connectivity index (χ1n) is 8.74. The number of hydrogen-bond donors (Lipinski definition) is 1. The molecule has 2 amide bonds. The zero-order valence-electron chi connectivity index (χ0n) is 14.3. The molecule has 1 aromatic carbocycles. The molecule has 0 unspecified atom stereocenters. The lowest BCUT2D eigenvalue weighted by Gasteiger charge is -2.36. The minimum atomic E-state index is 0.0361. The molecular formula is C19H28N2O2. The highest BCUT2D eigenvalue weighted by Gasteiger charge is 2.27. The number of carbonyl (C=O) groups excluding carboxylic acids is 2. The number of carbonyl (C=O) groups is 2. The van der Waals surface area contributed by atoms with Crippen molar-refractivity contribution in [3.05, 3.63) is 35.4 Å². The molecule has 1 aliphatic rings. The van der Waals surface area contributed by atoms with Crippen molar-refractivity contribution in [2.75, 3.05) is 13.1 Å². The second-order valence-electron chi connectivity index (χ2n) is 6.32. The molecule has 2 rings (SSSR count). The van der Waals surface area contributed by atoms with Crippen LogP contribution >= 0.6 is 0 Å². The lowest BCUT2D eigenvalue weighted by molar-refractivity contribution is -0.135. The third-order valence-corrected chi connectivity index (χ3v) is 4.45. The Kier molecular flexibility index (Phi) is 6.63. The second kappa shape index (κ2) is 8.70. The highest BCUT2D eigenvalue weighted by molar-refractivity contribution is 5.79. The lowest BCUT2D eigenvalue weighted by atomic mass is 9.94. The van der Waals surface area contributed by atoms with E-state index in [1.807, 2.05) is 11.8 Å². The van der Waals surface area contributed by atoms with Gasteiger partial charge in [-0.3, -0.25) is 9.59 Å². The SMILES string of the molecule is CCNC(=O)CCCC(=O)N1CCCC[C@H]1c1ccc(C)cc1. The van der Waals surface area contributed by atoms with Gasteiger partial charge in [0.1, 0.15) is 0 Å². The molecule has 0 aromatic heterocycles. The van der Waals surface area contributed by atoms with Gasteiger partial charge >= 0.3 is 0 Å². The summed E-state index contributed by atoms with van der Waals surface area (Å²) < 4.78 is 0. The van der Waals surface area contributed by atoms with Gasteiger partial charge in [-0.25, -0.2) is 0 Å². The van der Waals surface area contributed by atoms with Crippen molar-refractivity contribution in [2.24, 2.45) is 0 Å². The molecule has 23 heavy (non-hydrogen) atoms. The number of rotatable bonds is 6. The van der Waals surface area contributed by atoms with Gasteiger partial charge in [0.05, 0.1) is 6.04 Å². The van der Waals surface area contributed by atoms with Crippen LogP contribution in [0.3, 0.4) is 0 Å². The first-order chi connectivity index (χ1) is 11.1. The fourth-order valence-corrected chi connectivity index (χ4v) is 3.19. The highest BCUT2D eigenvalue weighted by Crippen LogP contribution is 2.31. The fourth-order valence-electron chi connectivity index (χ4n) is 3.19. The topological polar surface area (TPSA) is 49.4 Å². The van der Waals surface area contributed by atoms with Crippen LogP contribution < -0.4 is 5.32 Å². The Bertz CT molecular complexity index is 525. The summed E-state index contributed by atoms with van der Waals surface area (Å²) in [5, 5.41) is 2.77. The zero-order valence-corrected chi connectivity index (χ0v) is 14.3. The highest BCUT2D eigenvalue weighted by atomic mass is 16.2. The predicted octanol–water partition coefficient (Wildman–Crippen LogP) is 3.36. The molecule has 0 radical (unpaired) electrons. The average molecular weight is 316 g/mol. The smallest absolute Gasteiger partial charge is 0.223 e. The van der Waals surface area contributed by atoms with Crippen LogP contribution in [0.1, 0.15) is 62.6 Å². The lowest BCUT2D eigenvalue weighted by Crippen LogP contribution is -2.38. The van der Waals surface area contributed by atoms with Gasteiger partial charge in [-0.15, -0.1) is 0 Å². The van der Waals surface area contributed by atoms with Gasteiger partial charge in [-0.05, 0) is 45.1 Å². The third-order valence-electron chi connectivity index (χ3n) is 4.45. The molecule has 1 N–H and O–H groups in total. The molecule has 4 nitrogen and oxygen atoms in total. The first kappa shape index (κ1) is 17.5. The van der Waals surface area contributed by atoms with E-state index in [9.17, 15) is 9.59 Å². The van der Waals surface area contributed by atoms with Crippen molar-refractivity contribution in [1.29, 1.82) is 0 Å². The van der Waals surface area contributed by atoms with Gasteiger partial charge in [0.15, 0.2) is 0 Å². The summed E-state index contributed by atoms with van der Waals surface area (Å²) in [6, 6.07) is 8.70. The van der Waals surface area contributed by atoms with Gasteiger partial charge in [-0.2, -0.15) is 0 Å². The van der Waals surface area contributed by atoms with E-state index in [4.69, 9.17) is 0 Å². The summed E-state index contributed by atoms with van der Waals surface area (Å²) in [6.07, 6.45) is 4.79. The van der Waals surface area contributed by atoms with Crippen LogP contribution in [0.25, 0.3) is 0 Å². The maximum Gasteiger partial charge on any atom is 0.223 e. The van der Waals surface area contributed by atoms with Crippen LogP contribution in [0.5, 0.6) is 0 Å². The van der Waals surface area contributed by atoms with Gasteiger partial charge < -0.3 is 10.2 Å². The predicted molar refractivity (Wildman–Crippen MR) is 92.0 cm³/mol. The van der Waals surface area contributed by atoms with Crippen molar-refractivity contribution in [2.45, 2.75) is 58.4 Å². The number of hydrogen-bond acceptors (Lipinski definition) is 2. The summed E-state index contributed by atoms with van der Waals surface area (Å²) in [7, 11) is 0. The van der Waals surface area contributed by atoms with Crippen molar-refractivity contribution in [3.8, 4) is 0 Å². The number of benzene rings is 1.